The maximum atomic E-state index is 13.1. The Morgan fingerprint density at radius 1 is 1.17 bits per heavy atom. The fourth-order valence-corrected chi connectivity index (χ4v) is 5.11. The summed E-state index contributed by atoms with van der Waals surface area (Å²) in [4.78, 5) is 30.1. The molecular formula is C26H18BrCl2N3O4. The normalized spacial score (nSPS) is 14.1. The molecule has 7 nitrogen and oxygen atoms in total. The first-order valence-electron chi connectivity index (χ1n) is 11.0. The van der Waals surface area contributed by atoms with Gasteiger partial charge in [0.05, 0.1) is 16.3 Å². The van der Waals surface area contributed by atoms with Crippen LogP contribution in [0.3, 0.4) is 0 Å². The summed E-state index contributed by atoms with van der Waals surface area (Å²) in [5, 5.41) is 5.81. The van der Waals surface area contributed by atoms with Crippen molar-refractivity contribution in [2.24, 2.45) is 5.10 Å². The highest BCUT2D eigenvalue weighted by atomic mass is 79.9. The van der Waals surface area contributed by atoms with E-state index in [4.69, 9.17) is 32.4 Å². The van der Waals surface area contributed by atoms with Crippen molar-refractivity contribution in [2.45, 2.75) is 26.2 Å². The van der Waals surface area contributed by atoms with Gasteiger partial charge in [0.1, 0.15) is 11.3 Å². The number of halogens is 3. The average molecular weight is 587 g/mol. The number of carbonyl (C=O) groups is 2. The standard InChI is InChI=1S/C26H18BrCl2N3O4/c1-13-22-19(31-32-25(33)16-8-7-14(28)12-18(16)29)5-2-6-20(22)35-24(13)26(34)36-21-10-9-17(27)15-4-3-11-30-23(15)21/h3-4,7-12H,2,5-6H2,1H3,(H,32,33)/b31-19+. The lowest BCUT2D eigenvalue weighted by molar-refractivity contribution is 0.0700. The zero-order chi connectivity index (χ0) is 25.4. The Balaban J connectivity index is 1.42. The number of amides is 1. The van der Waals surface area contributed by atoms with Gasteiger partial charge in [-0.3, -0.25) is 9.78 Å². The summed E-state index contributed by atoms with van der Waals surface area (Å²) in [6, 6.07) is 11.8. The first-order chi connectivity index (χ1) is 17.3. The summed E-state index contributed by atoms with van der Waals surface area (Å²) in [7, 11) is 0. The lowest BCUT2D eigenvalue weighted by Gasteiger charge is -2.13. The highest BCUT2D eigenvalue weighted by molar-refractivity contribution is 9.10. The summed E-state index contributed by atoms with van der Waals surface area (Å²) in [5.41, 5.74) is 5.28. The molecule has 1 aliphatic carbocycles. The van der Waals surface area contributed by atoms with Crippen molar-refractivity contribution in [3.63, 3.8) is 0 Å². The van der Waals surface area contributed by atoms with E-state index in [-0.39, 0.29) is 16.3 Å². The molecule has 0 saturated carbocycles. The van der Waals surface area contributed by atoms with Gasteiger partial charge >= 0.3 is 5.97 Å². The topological polar surface area (TPSA) is 93.8 Å². The van der Waals surface area contributed by atoms with Crippen LogP contribution >= 0.6 is 39.1 Å². The maximum Gasteiger partial charge on any atom is 0.380 e. The lowest BCUT2D eigenvalue weighted by atomic mass is 9.93. The third-order valence-electron chi connectivity index (χ3n) is 5.86. The first-order valence-corrected chi connectivity index (χ1v) is 12.6. The van der Waals surface area contributed by atoms with Gasteiger partial charge in [-0.1, -0.05) is 45.2 Å². The number of benzene rings is 2. The number of furan rings is 1. The predicted octanol–water partition coefficient (Wildman–Crippen LogP) is 6.90. The zero-order valence-corrected chi connectivity index (χ0v) is 22.0. The quantitative estimate of drug-likeness (QED) is 0.159. The average Bonchev–Trinajstić information content (AvgIpc) is 3.21. The number of aryl methyl sites for hydroxylation is 1. The van der Waals surface area contributed by atoms with Crippen molar-refractivity contribution in [3.05, 3.63) is 91.4 Å². The number of nitrogens with one attached hydrogen (secondary N) is 1. The molecule has 0 saturated heterocycles. The van der Waals surface area contributed by atoms with E-state index in [1.165, 1.54) is 12.1 Å². The predicted molar refractivity (Wildman–Crippen MR) is 141 cm³/mol. The fraction of sp³-hybridized carbons (Fsp3) is 0.154. The van der Waals surface area contributed by atoms with Crippen LogP contribution in [0.1, 0.15) is 50.6 Å². The van der Waals surface area contributed by atoms with Crippen molar-refractivity contribution >= 4 is 67.6 Å². The molecule has 0 unspecified atom stereocenters. The van der Waals surface area contributed by atoms with Crippen LogP contribution in [0.25, 0.3) is 10.9 Å². The number of hydrazone groups is 1. The number of rotatable bonds is 4. The minimum absolute atomic E-state index is 0.0914. The molecule has 10 heteroatoms. The third-order valence-corrected chi connectivity index (χ3v) is 7.10. The maximum absolute atomic E-state index is 13.1. The van der Waals surface area contributed by atoms with E-state index in [0.29, 0.717) is 51.7 Å². The van der Waals surface area contributed by atoms with Gasteiger partial charge in [0.25, 0.3) is 5.91 Å². The fourth-order valence-electron chi connectivity index (χ4n) is 4.17. The molecular weight excluding hydrogens is 569 g/mol. The molecule has 0 fully saturated rings. The Kier molecular flexibility index (Phi) is 6.83. The number of hydrogen-bond donors (Lipinski definition) is 1. The van der Waals surface area contributed by atoms with Crippen LogP contribution in [0.15, 0.2) is 62.7 Å². The van der Waals surface area contributed by atoms with E-state index in [1.54, 1.807) is 31.3 Å². The molecule has 0 atom stereocenters. The SMILES string of the molecule is Cc1c(C(=O)Oc2ccc(Br)c3cccnc23)oc2c1/C(=N/NC(=O)c1ccc(Cl)cc1Cl)CCC2. The summed E-state index contributed by atoms with van der Waals surface area (Å²) < 4.78 is 12.5. The Morgan fingerprint density at radius 3 is 2.81 bits per heavy atom. The zero-order valence-electron chi connectivity index (χ0n) is 18.9. The lowest BCUT2D eigenvalue weighted by Crippen LogP contribution is -2.22. The van der Waals surface area contributed by atoms with Gasteiger partial charge in [0.2, 0.25) is 5.76 Å². The highest BCUT2D eigenvalue weighted by Crippen LogP contribution is 2.33. The van der Waals surface area contributed by atoms with E-state index >= 15 is 0 Å². The van der Waals surface area contributed by atoms with E-state index in [1.807, 2.05) is 12.1 Å². The Bertz CT molecular complexity index is 1560. The number of ether oxygens (including phenoxy) is 1. The van der Waals surface area contributed by atoms with Crippen LogP contribution in [-0.4, -0.2) is 22.6 Å². The Morgan fingerprint density at radius 2 is 2.00 bits per heavy atom. The third kappa shape index (κ3) is 4.64. The number of esters is 1. The molecule has 182 valence electrons. The smallest absolute Gasteiger partial charge is 0.380 e. The molecule has 2 aromatic carbocycles. The molecule has 1 N–H and O–H groups in total. The number of aromatic nitrogens is 1. The van der Waals surface area contributed by atoms with E-state index in [2.05, 4.69) is 31.4 Å². The van der Waals surface area contributed by atoms with Crippen molar-refractivity contribution < 1.29 is 18.7 Å². The highest BCUT2D eigenvalue weighted by Gasteiger charge is 2.29. The van der Waals surface area contributed by atoms with E-state index in [9.17, 15) is 9.59 Å². The number of hydrogen-bond acceptors (Lipinski definition) is 6. The van der Waals surface area contributed by atoms with E-state index in [0.717, 1.165) is 16.3 Å². The van der Waals surface area contributed by atoms with Crippen LogP contribution in [0.2, 0.25) is 10.0 Å². The largest absolute Gasteiger partial charge is 0.453 e. The van der Waals surface area contributed by atoms with Crippen LogP contribution in [-0.2, 0) is 6.42 Å². The minimum Gasteiger partial charge on any atom is -0.453 e. The molecule has 4 aromatic rings. The number of pyridine rings is 1. The second-order valence-electron chi connectivity index (χ2n) is 8.17. The van der Waals surface area contributed by atoms with Gasteiger partial charge in [-0.05, 0) is 56.2 Å². The molecule has 0 aliphatic heterocycles. The minimum atomic E-state index is -0.632. The van der Waals surface area contributed by atoms with Crippen LogP contribution in [0, 0.1) is 6.92 Å². The van der Waals surface area contributed by atoms with Crippen LogP contribution < -0.4 is 10.2 Å². The molecule has 0 spiro atoms. The molecule has 1 aliphatic rings. The van der Waals surface area contributed by atoms with Crippen molar-refractivity contribution in [2.75, 3.05) is 0 Å². The molecule has 36 heavy (non-hydrogen) atoms. The number of nitrogens with zero attached hydrogens (tertiary/aromatic N) is 2. The van der Waals surface area contributed by atoms with Crippen molar-refractivity contribution in [3.8, 4) is 5.75 Å². The molecule has 1 amide bonds. The van der Waals surface area contributed by atoms with Gasteiger partial charge in [-0.2, -0.15) is 5.10 Å². The molecule has 0 radical (unpaired) electrons. The monoisotopic (exact) mass is 585 g/mol. The summed E-state index contributed by atoms with van der Waals surface area (Å²) in [5.74, 6) is -0.0524. The van der Waals surface area contributed by atoms with Crippen LogP contribution in [0.4, 0.5) is 0 Å². The second kappa shape index (κ2) is 10.0. The van der Waals surface area contributed by atoms with Gasteiger partial charge in [-0.25, -0.2) is 10.2 Å². The Hall–Kier alpha value is -3.20. The second-order valence-corrected chi connectivity index (χ2v) is 9.86. The summed E-state index contributed by atoms with van der Waals surface area (Å²) in [6.45, 7) is 1.77. The van der Waals surface area contributed by atoms with Crippen molar-refractivity contribution in [1.29, 1.82) is 0 Å². The van der Waals surface area contributed by atoms with Gasteiger partial charge in [0.15, 0.2) is 5.75 Å². The molecule has 5 rings (SSSR count). The van der Waals surface area contributed by atoms with Crippen molar-refractivity contribution in [1.82, 2.24) is 10.4 Å². The number of carbonyl (C=O) groups excluding carboxylic acids is 2. The van der Waals surface area contributed by atoms with Crippen LogP contribution in [0.5, 0.6) is 5.75 Å². The molecule has 2 heterocycles. The van der Waals surface area contributed by atoms with E-state index < -0.39 is 11.9 Å². The molecule has 0 bridgehead atoms. The summed E-state index contributed by atoms with van der Waals surface area (Å²) in [6.07, 6.45) is 3.64. The first kappa shape index (κ1) is 24.5. The van der Waals surface area contributed by atoms with Gasteiger partial charge in [0, 0.05) is 38.6 Å². The molecule has 2 aromatic heterocycles. The van der Waals surface area contributed by atoms with Gasteiger partial charge < -0.3 is 9.15 Å². The summed E-state index contributed by atoms with van der Waals surface area (Å²) >= 11 is 15.5. The number of fused-ring (bicyclic) bond motifs is 2. The van der Waals surface area contributed by atoms with Gasteiger partial charge in [-0.15, -0.1) is 0 Å². The Labute approximate surface area is 224 Å².